The average Bonchev–Trinajstić information content (AvgIpc) is 2.28. The maximum absolute atomic E-state index is 11.7. The van der Waals surface area contributed by atoms with Crippen molar-refractivity contribution in [3.05, 3.63) is 28.2 Å². The van der Waals surface area contributed by atoms with Gasteiger partial charge in [0.1, 0.15) is 9.84 Å². The molecule has 0 aliphatic carbocycles. The van der Waals surface area contributed by atoms with Crippen LogP contribution in [0.5, 0.6) is 0 Å². The fourth-order valence-electron chi connectivity index (χ4n) is 1.68. The molecular weight excluding hydrogens is 364 g/mol. The van der Waals surface area contributed by atoms with Crippen LogP contribution in [-0.2, 0) is 9.84 Å². The third-order valence-corrected chi connectivity index (χ3v) is 3.99. The summed E-state index contributed by atoms with van der Waals surface area (Å²) in [6.07, 6.45) is 1.07. The van der Waals surface area contributed by atoms with E-state index in [2.05, 4.69) is 26.6 Å². The molecule has 0 radical (unpaired) electrons. The number of carbonyl (C=O) groups excluding carboxylic acids is 1. The molecule has 0 spiro atoms. The topological polar surface area (TPSA) is 113 Å². The summed E-state index contributed by atoms with van der Waals surface area (Å²) in [5.74, 6) is -1.39. The van der Waals surface area contributed by atoms with Crippen LogP contribution in [0.4, 0.5) is 10.5 Å². The molecule has 0 fully saturated rings. The number of halogens is 1. The molecule has 0 aromatic heterocycles. The number of rotatable bonds is 5. The standard InChI is InChI=1S/C12H15BrN2O5S/c1-7(6-21(2,19)20)14-12(18)15-10-4-3-8(13)5-9(10)11(16)17/h3-5,7H,6H2,1-2H3,(H,16,17)(H2,14,15,18). The van der Waals surface area contributed by atoms with Crippen molar-refractivity contribution in [2.45, 2.75) is 13.0 Å². The smallest absolute Gasteiger partial charge is 0.337 e. The second-order valence-electron chi connectivity index (χ2n) is 4.59. The van der Waals surface area contributed by atoms with E-state index in [9.17, 15) is 18.0 Å². The molecule has 9 heteroatoms. The first-order valence-electron chi connectivity index (χ1n) is 5.86. The van der Waals surface area contributed by atoms with E-state index < -0.39 is 27.9 Å². The van der Waals surface area contributed by atoms with Crippen molar-refractivity contribution in [2.24, 2.45) is 0 Å². The lowest BCUT2D eigenvalue weighted by Gasteiger charge is -2.14. The van der Waals surface area contributed by atoms with Gasteiger partial charge in [-0.15, -0.1) is 0 Å². The lowest BCUT2D eigenvalue weighted by Crippen LogP contribution is -2.40. The summed E-state index contributed by atoms with van der Waals surface area (Å²) in [6, 6.07) is 3.12. The Bertz CT molecular complexity index is 660. The quantitative estimate of drug-likeness (QED) is 0.721. The van der Waals surface area contributed by atoms with Gasteiger partial charge in [-0.1, -0.05) is 15.9 Å². The zero-order chi connectivity index (χ0) is 16.2. The van der Waals surface area contributed by atoms with Crippen molar-refractivity contribution in [3.8, 4) is 0 Å². The number of sulfone groups is 1. The van der Waals surface area contributed by atoms with Crippen molar-refractivity contribution >= 4 is 43.5 Å². The molecule has 0 bridgehead atoms. The molecule has 0 saturated carbocycles. The van der Waals surface area contributed by atoms with Crippen molar-refractivity contribution in [3.63, 3.8) is 0 Å². The minimum atomic E-state index is -3.21. The van der Waals surface area contributed by atoms with Gasteiger partial charge < -0.3 is 15.7 Å². The fourth-order valence-corrected chi connectivity index (χ4v) is 3.03. The third-order valence-electron chi connectivity index (χ3n) is 2.39. The first-order chi connectivity index (χ1) is 9.58. The summed E-state index contributed by atoms with van der Waals surface area (Å²) in [4.78, 5) is 22.8. The molecule has 7 nitrogen and oxygen atoms in total. The van der Waals surface area contributed by atoms with Gasteiger partial charge in [-0.25, -0.2) is 18.0 Å². The third kappa shape index (κ3) is 6.13. The Morgan fingerprint density at radius 3 is 2.52 bits per heavy atom. The van der Waals surface area contributed by atoms with E-state index in [1.807, 2.05) is 0 Å². The normalized spacial score (nSPS) is 12.5. The highest BCUT2D eigenvalue weighted by atomic mass is 79.9. The average molecular weight is 379 g/mol. The van der Waals surface area contributed by atoms with Crippen molar-refractivity contribution in [1.29, 1.82) is 0 Å². The number of carboxylic acid groups (broad SMARTS) is 1. The van der Waals surface area contributed by atoms with Crippen LogP contribution in [0.25, 0.3) is 0 Å². The number of hydrogen-bond acceptors (Lipinski definition) is 4. The zero-order valence-electron chi connectivity index (χ0n) is 11.4. The fraction of sp³-hybridized carbons (Fsp3) is 0.333. The molecule has 0 heterocycles. The highest BCUT2D eigenvalue weighted by molar-refractivity contribution is 9.10. The molecule has 0 saturated heterocycles. The number of anilines is 1. The van der Waals surface area contributed by atoms with Crippen molar-refractivity contribution in [2.75, 3.05) is 17.3 Å². The van der Waals surface area contributed by atoms with Gasteiger partial charge >= 0.3 is 12.0 Å². The van der Waals surface area contributed by atoms with Crippen LogP contribution in [0.15, 0.2) is 22.7 Å². The van der Waals surface area contributed by atoms with E-state index in [0.29, 0.717) is 4.47 Å². The number of carbonyl (C=O) groups is 2. The number of benzene rings is 1. The Morgan fingerprint density at radius 1 is 1.38 bits per heavy atom. The van der Waals surface area contributed by atoms with Crippen LogP contribution < -0.4 is 10.6 Å². The summed E-state index contributed by atoms with van der Waals surface area (Å²) in [5.41, 5.74) is 0.0463. The van der Waals surface area contributed by atoms with E-state index in [4.69, 9.17) is 5.11 Å². The van der Waals surface area contributed by atoms with Gasteiger partial charge in [0.25, 0.3) is 0 Å². The predicted molar refractivity (Wildman–Crippen MR) is 82.4 cm³/mol. The Hall–Kier alpha value is -1.61. The van der Waals surface area contributed by atoms with Gasteiger partial charge in [0, 0.05) is 16.8 Å². The van der Waals surface area contributed by atoms with Crippen molar-refractivity contribution < 1.29 is 23.1 Å². The number of urea groups is 1. The lowest BCUT2D eigenvalue weighted by molar-refractivity contribution is 0.0698. The summed E-state index contributed by atoms with van der Waals surface area (Å²) in [6.45, 7) is 1.54. The van der Waals surface area contributed by atoms with E-state index in [-0.39, 0.29) is 17.0 Å². The first kappa shape index (κ1) is 17.4. The molecule has 1 aromatic carbocycles. The van der Waals surface area contributed by atoms with E-state index >= 15 is 0 Å². The Kier molecular flexibility index (Phi) is 5.73. The monoisotopic (exact) mass is 378 g/mol. The number of nitrogens with one attached hydrogen (secondary N) is 2. The number of aromatic carboxylic acids is 1. The molecule has 0 aliphatic heterocycles. The molecule has 0 aliphatic rings. The van der Waals surface area contributed by atoms with Crippen LogP contribution >= 0.6 is 15.9 Å². The van der Waals surface area contributed by atoms with Gasteiger partial charge in [-0.3, -0.25) is 0 Å². The molecule has 2 amide bonds. The summed E-state index contributed by atoms with van der Waals surface area (Å²) < 4.78 is 22.8. The largest absolute Gasteiger partial charge is 0.478 e. The van der Waals surface area contributed by atoms with E-state index in [1.165, 1.54) is 12.1 Å². The molecule has 1 rings (SSSR count). The van der Waals surface area contributed by atoms with Gasteiger partial charge in [0.15, 0.2) is 0 Å². The van der Waals surface area contributed by atoms with Gasteiger partial charge in [-0.05, 0) is 25.1 Å². The predicted octanol–water partition coefficient (Wildman–Crippen LogP) is 1.70. The van der Waals surface area contributed by atoms with Crippen LogP contribution in [0.1, 0.15) is 17.3 Å². The maximum atomic E-state index is 11.7. The summed E-state index contributed by atoms with van der Waals surface area (Å²) in [5, 5.41) is 13.9. The summed E-state index contributed by atoms with van der Waals surface area (Å²) in [7, 11) is -3.21. The van der Waals surface area contributed by atoms with Crippen LogP contribution in [0.2, 0.25) is 0 Å². The molecule has 1 atom stereocenters. The lowest BCUT2D eigenvalue weighted by atomic mass is 10.2. The minimum absolute atomic E-state index is 0.0738. The van der Waals surface area contributed by atoms with Crippen LogP contribution in [0, 0.1) is 0 Å². The summed E-state index contributed by atoms with van der Waals surface area (Å²) >= 11 is 3.15. The van der Waals surface area contributed by atoms with Crippen LogP contribution in [-0.4, -0.2) is 43.6 Å². The molecular formula is C12H15BrN2O5S. The van der Waals surface area contributed by atoms with Gasteiger partial charge in [0.05, 0.1) is 17.0 Å². The zero-order valence-corrected chi connectivity index (χ0v) is 13.8. The van der Waals surface area contributed by atoms with E-state index in [0.717, 1.165) is 6.26 Å². The number of hydrogen-bond donors (Lipinski definition) is 3. The second-order valence-corrected chi connectivity index (χ2v) is 7.69. The Morgan fingerprint density at radius 2 is 2.00 bits per heavy atom. The minimum Gasteiger partial charge on any atom is -0.478 e. The first-order valence-corrected chi connectivity index (χ1v) is 8.72. The van der Waals surface area contributed by atoms with Crippen molar-refractivity contribution in [1.82, 2.24) is 5.32 Å². The molecule has 116 valence electrons. The highest BCUT2D eigenvalue weighted by Crippen LogP contribution is 2.21. The molecule has 21 heavy (non-hydrogen) atoms. The van der Waals surface area contributed by atoms with Gasteiger partial charge in [-0.2, -0.15) is 0 Å². The Labute approximate surface area is 130 Å². The second kappa shape index (κ2) is 6.90. The molecule has 1 aromatic rings. The number of carboxylic acids is 1. The maximum Gasteiger partial charge on any atom is 0.337 e. The highest BCUT2D eigenvalue weighted by Gasteiger charge is 2.16. The SMILES string of the molecule is CC(CS(C)(=O)=O)NC(=O)Nc1ccc(Br)cc1C(=O)O. The van der Waals surface area contributed by atoms with Crippen LogP contribution in [0.3, 0.4) is 0 Å². The molecule has 3 N–H and O–H groups in total. The molecule has 1 unspecified atom stereocenters. The number of amides is 2. The Balaban J connectivity index is 2.78. The van der Waals surface area contributed by atoms with E-state index in [1.54, 1.807) is 13.0 Å². The van der Waals surface area contributed by atoms with Gasteiger partial charge in [0.2, 0.25) is 0 Å².